The van der Waals surface area contributed by atoms with Gasteiger partial charge in [-0.1, -0.05) is 41.5 Å². The van der Waals surface area contributed by atoms with Crippen LogP contribution in [0.15, 0.2) is 22.9 Å². The molecule has 3 aliphatic rings. The van der Waals surface area contributed by atoms with Crippen LogP contribution in [-0.4, -0.2) is 73.2 Å². The number of nitrogens with one attached hydrogen (secondary N) is 1. The Bertz CT molecular complexity index is 1090. The Balaban J connectivity index is 2.14. The van der Waals surface area contributed by atoms with Crippen molar-refractivity contribution in [3.8, 4) is 0 Å². The van der Waals surface area contributed by atoms with Gasteiger partial charge in [0.05, 0.1) is 17.7 Å². The van der Waals surface area contributed by atoms with Gasteiger partial charge in [0.1, 0.15) is 12.2 Å². The zero-order chi connectivity index (χ0) is 28.4. The van der Waals surface area contributed by atoms with Crippen LogP contribution in [0, 0.1) is 0 Å². The molecule has 10 nitrogen and oxygen atoms in total. The second kappa shape index (κ2) is 9.45. The van der Waals surface area contributed by atoms with E-state index in [4.69, 9.17) is 23.5 Å². The molecule has 0 aromatic heterocycles. The number of urea groups is 1. The minimum atomic E-state index is -4.11. The van der Waals surface area contributed by atoms with E-state index in [0.717, 1.165) is 11.0 Å². The van der Waals surface area contributed by atoms with Gasteiger partial charge in [0.2, 0.25) is 0 Å². The van der Waals surface area contributed by atoms with Crippen molar-refractivity contribution in [3.05, 3.63) is 22.9 Å². The standard InChI is InChI=1S/C24H45N3O7SSi2/c1-16-12-26-21(28)27(13-16)20-19(33-37(10,11)23(5,6)7)24(17(25)15-35(29,30)34-24)18(32-20)14-31-36(8,9)22(2,3)4/h12,15,18-20H,13-14,25H2,1-11H3,(H,26,28)/t18?,19-,20+,24?/m0/s1. The number of hydrogen-bond acceptors (Lipinski definition) is 8. The molecule has 37 heavy (non-hydrogen) atoms. The van der Waals surface area contributed by atoms with Gasteiger partial charge in [0.25, 0.3) is 10.1 Å². The topological polar surface area (TPSA) is 129 Å². The maximum Gasteiger partial charge on any atom is 0.323 e. The van der Waals surface area contributed by atoms with Crippen LogP contribution in [0.25, 0.3) is 0 Å². The van der Waals surface area contributed by atoms with Crippen molar-refractivity contribution in [2.24, 2.45) is 5.73 Å². The first-order valence-electron chi connectivity index (χ1n) is 12.7. The molecule has 4 atom stereocenters. The van der Waals surface area contributed by atoms with Gasteiger partial charge in [-0.15, -0.1) is 0 Å². The SMILES string of the molecule is CC1=CNC(=O)N([C@@H]2OC(CO[Si](C)(C)C(C)(C)C)C3(OS(=O)(=O)C=C3N)[C@H]2O[Si](C)(C)C(C)(C)C)C1. The van der Waals surface area contributed by atoms with Gasteiger partial charge < -0.3 is 24.6 Å². The number of carbonyl (C=O) groups is 1. The maximum absolute atomic E-state index is 13.0. The zero-order valence-corrected chi connectivity index (χ0v) is 26.9. The highest BCUT2D eigenvalue weighted by atomic mass is 32.2. The van der Waals surface area contributed by atoms with Crippen molar-refractivity contribution in [3.63, 3.8) is 0 Å². The summed E-state index contributed by atoms with van der Waals surface area (Å²) in [5.74, 6) is 0. The summed E-state index contributed by atoms with van der Waals surface area (Å²) >= 11 is 0. The zero-order valence-electron chi connectivity index (χ0n) is 24.1. The van der Waals surface area contributed by atoms with Gasteiger partial charge >= 0.3 is 6.03 Å². The number of hydrogen-bond donors (Lipinski definition) is 2. The molecule has 2 amide bonds. The normalized spacial score (nSPS) is 30.9. The summed E-state index contributed by atoms with van der Waals surface area (Å²) in [5, 5.41) is 3.37. The van der Waals surface area contributed by atoms with E-state index in [1.807, 2.05) is 6.92 Å². The molecule has 0 radical (unpaired) electrons. The van der Waals surface area contributed by atoms with E-state index >= 15 is 0 Å². The Morgan fingerprint density at radius 2 is 1.70 bits per heavy atom. The van der Waals surface area contributed by atoms with Crippen LogP contribution in [0.5, 0.6) is 0 Å². The smallest absolute Gasteiger partial charge is 0.323 e. The molecule has 3 heterocycles. The van der Waals surface area contributed by atoms with Crippen LogP contribution in [0.2, 0.25) is 36.3 Å². The highest BCUT2D eigenvalue weighted by Crippen LogP contribution is 2.50. The average molecular weight is 576 g/mol. The first kappa shape index (κ1) is 30.3. The van der Waals surface area contributed by atoms with Gasteiger partial charge in [-0.3, -0.25) is 4.90 Å². The Morgan fingerprint density at radius 1 is 1.14 bits per heavy atom. The fourth-order valence-electron chi connectivity index (χ4n) is 4.10. The fraction of sp³-hybridized carbons (Fsp3) is 0.792. The van der Waals surface area contributed by atoms with Gasteiger partial charge in [-0.25, -0.2) is 8.98 Å². The molecule has 3 rings (SSSR count). The van der Waals surface area contributed by atoms with Crippen molar-refractivity contribution >= 4 is 32.8 Å². The molecule has 0 aliphatic carbocycles. The molecular formula is C24H45N3O7SSi2. The molecule has 3 aliphatic heterocycles. The molecule has 3 N–H and O–H groups in total. The molecule has 0 aromatic rings. The van der Waals surface area contributed by atoms with Gasteiger partial charge in [-0.05, 0) is 48.8 Å². The summed E-state index contributed by atoms with van der Waals surface area (Å²) < 4.78 is 51.3. The quantitative estimate of drug-likeness (QED) is 0.360. The lowest BCUT2D eigenvalue weighted by Gasteiger charge is -2.45. The predicted molar refractivity (Wildman–Crippen MR) is 148 cm³/mol. The summed E-state index contributed by atoms with van der Waals surface area (Å²) in [7, 11) is -8.92. The highest BCUT2D eigenvalue weighted by molar-refractivity contribution is 7.90. The van der Waals surface area contributed by atoms with Crippen molar-refractivity contribution in [1.29, 1.82) is 0 Å². The van der Waals surface area contributed by atoms with E-state index < -0.39 is 50.8 Å². The molecule has 212 valence electrons. The lowest BCUT2D eigenvalue weighted by Crippen LogP contribution is -2.62. The second-order valence-corrected chi connectivity index (χ2v) is 24.3. The van der Waals surface area contributed by atoms with E-state index in [2.05, 4.69) is 73.0 Å². The van der Waals surface area contributed by atoms with Crippen LogP contribution in [0.3, 0.4) is 0 Å². The van der Waals surface area contributed by atoms with Gasteiger partial charge in [-0.2, -0.15) is 8.42 Å². The Labute approximate surface area is 224 Å². The first-order chi connectivity index (χ1) is 16.5. The van der Waals surface area contributed by atoms with Crippen LogP contribution < -0.4 is 11.1 Å². The van der Waals surface area contributed by atoms with E-state index in [9.17, 15) is 13.2 Å². The number of rotatable bonds is 6. The Morgan fingerprint density at radius 3 is 2.19 bits per heavy atom. The van der Waals surface area contributed by atoms with Gasteiger partial charge in [0.15, 0.2) is 28.5 Å². The summed E-state index contributed by atoms with van der Waals surface area (Å²) in [6.45, 7) is 23.2. The average Bonchev–Trinajstić information content (AvgIpc) is 3.13. The van der Waals surface area contributed by atoms with E-state index in [1.165, 1.54) is 4.90 Å². The van der Waals surface area contributed by atoms with Crippen molar-refractivity contribution in [2.75, 3.05) is 13.2 Å². The Kier molecular flexibility index (Phi) is 7.75. The number of amides is 2. The summed E-state index contributed by atoms with van der Waals surface area (Å²) in [6.07, 6.45) is -1.22. The number of ether oxygens (including phenoxy) is 1. The van der Waals surface area contributed by atoms with E-state index in [1.54, 1.807) is 6.20 Å². The van der Waals surface area contributed by atoms with E-state index in [0.29, 0.717) is 0 Å². The number of carbonyl (C=O) groups excluding carboxylic acids is 1. The number of nitrogens with two attached hydrogens (primary N) is 1. The fourth-order valence-corrected chi connectivity index (χ4v) is 7.61. The van der Waals surface area contributed by atoms with Gasteiger partial charge in [0, 0.05) is 12.7 Å². The minimum absolute atomic E-state index is 0.00720. The third-order valence-electron chi connectivity index (χ3n) is 8.50. The van der Waals surface area contributed by atoms with Crippen LogP contribution in [0.1, 0.15) is 48.5 Å². The van der Waals surface area contributed by atoms with Crippen LogP contribution in [0.4, 0.5) is 4.79 Å². The lowest BCUT2D eigenvalue weighted by molar-refractivity contribution is -0.0749. The molecule has 13 heteroatoms. The monoisotopic (exact) mass is 575 g/mol. The maximum atomic E-state index is 13.0. The van der Waals surface area contributed by atoms with Crippen LogP contribution >= 0.6 is 0 Å². The molecule has 0 saturated carbocycles. The van der Waals surface area contributed by atoms with Crippen molar-refractivity contribution < 1.29 is 31.0 Å². The lowest BCUT2D eigenvalue weighted by atomic mass is 9.89. The molecule has 0 bridgehead atoms. The van der Waals surface area contributed by atoms with Crippen LogP contribution in [-0.2, 0) is 27.9 Å². The molecule has 1 fully saturated rings. The highest BCUT2D eigenvalue weighted by Gasteiger charge is 2.68. The van der Waals surface area contributed by atoms with E-state index in [-0.39, 0.29) is 35.0 Å². The second-order valence-electron chi connectivity index (χ2n) is 13.4. The molecule has 0 aromatic carbocycles. The largest absolute Gasteiger partial charge is 0.414 e. The van der Waals surface area contributed by atoms with Crippen molar-refractivity contribution in [2.45, 2.75) is 109 Å². The predicted octanol–water partition coefficient (Wildman–Crippen LogP) is 3.95. The van der Waals surface area contributed by atoms with Crippen molar-refractivity contribution in [1.82, 2.24) is 10.2 Å². The molecular weight excluding hydrogens is 531 g/mol. The summed E-state index contributed by atoms with van der Waals surface area (Å²) in [5.41, 5.74) is 5.71. The summed E-state index contributed by atoms with van der Waals surface area (Å²) in [4.78, 5) is 14.5. The third kappa shape index (κ3) is 5.59. The summed E-state index contributed by atoms with van der Waals surface area (Å²) in [6, 6.07) is -0.371. The molecule has 2 unspecified atom stereocenters. The molecule has 1 saturated heterocycles. The minimum Gasteiger partial charge on any atom is -0.414 e. The molecule has 1 spiro atoms. The number of nitrogens with zero attached hydrogens (tertiary/aromatic N) is 1. The Hall–Kier alpha value is -1.23. The first-order valence-corrected chi connectivity index (χ1v) is 20.0. The third-order valence-corrected chi connectivity index (χ3v) is 18.5.